The van der Waals surface area contributed by atoms with Gasteiger partial charge in [-0.1, -0.05) is 31.8 Å². The first-order chi connectivity index (χ1) is 20.2. The van der Waals surface area contributed by atoms with Gasteiger partial charge in [0.2, 0.25) is 5.95 Å². The number of aromatic nitrogens is 3. The van der Waals surface area contributed by atoms with Crippen molar-refractivity contribution in [2.45, 2.75) is 89.5 Å². The van der Waals surface area contributed by atoms with Crippen molar-refractivity contribution in [3.8, 4) is 11.3 Å². The molecule has 1 fully saturated rings. The van der Waals surface area contributed by atoms with Crippen LogP contribution in [0.3, 0.4) is 0 Å². The lowest BCUT2D eigenvalue weighted by atomic mass is 10.1. The molecule has 43 heavy (non-hydrogen) atoms. The number of nitrogens with one attached hydrogen (secondary N) is 1. The molecule has 1 amide bonds. The molecule has 2 aromatic heterocycles. The van der Waals surface area contributed by atoms with E-state index in [1.165, 1.54) is 6.92 Å². The van der Waals surface area contributed by atoms with Crippen LogP contribution in [0.15, 0.2) is 35.5 Å². The maximum Gasteiger partial charge on any atom is 0.410 e. The second-order valence-corrected chi connectivity index (χ2v) is 19.9. The molecule has 3 heterocycles. The molecule has 4 rings (SSSR count). The molecule has 0 spiro atoms. The summed E-state index contributed by atoms with van der Waals surface area (Å²) in [5, 5.41) is 4.25. The molecule has 1 N–H and O–H groups in total. The molecular weight excluding hydrogens is 581 g/mol. The highest BCUT2D eigenvalue weighted by Gasteiger charge is 2.28. The largest absolute Gasteiger partial charge is 0.444 e. The van der Waals surface area contributed by atoms with Gasteiger partial charge in [0.05, 0.1) is 17.2 Å². The van der Waals surface area contributed by atoms with E-state index in [1.807, 2.05) is 43.7 Å². The van der Waals surface area contributed by atoms with E-state index in [-0.39, 0.29) is 17.3 Å². The van der Waals surface area contributed by atoms with E-state index in [1.54, 1.807) is 17.2 Å². The van der Waals surface area contributed by atoms with E-state index >= 15 is 0 Å². The Kier molecular flexibility index (Phi) is 10.2. The highest BCUT2D eigenvalue weighted by Crippen LogP contribution is 2.38. The number of rotatable bonds is 9. The summed E-state index contributed by atoms with van der Waals surface area (Å²) >= 11 is 1.09. The molecule has 1 atom stereocenters. The second kappa shape index (κ2) is 13.5. The summed E-state index contributed by atoms with van der Waals surface area (Å²) in [4.78, 5) is 40.3. The van der Waals surface area contributed by atoms with Crippen LogP contribution >= 0.6 is 11.8 Å². The Morgan fingerprint density at radius 3 is 2.70 bits per heavy atom. The average Bonchev–Trinajstić information content (AvgIpc) is 3.28. The second-order valence-electron chi connectivity index (χ2n) is 13.1. The molecule has 1 aliphatic heterocycles. The monoisotopic (exact) mass is 622 g/mol. The van der Waals surface area contributed by atoms with Crippen LogP contribution in [0, 0.1) is 6.57 Å². The van der Waals surface area contributed by atoms with E-state index < -0.39 is 13.7 Å². The highest BCUT2D eigenvalue weighted by molar-refractivity contribution is 8.13. The number of ether oxygens (including phenoxy) is 2. The predicted molar refractivity (Wildman–Crippen MR) is 174 cm³/mol. The Hall–Kier alpha value is -3.40. The van der Waals surface area contributed by atoms with Gasteiger partial charge < -0.3 is 24.3 Å². The van der Waals surface area contributed by atoms with Crippen LogP contribution < -0.4 is 5.32 Å². The lowest BCUT2D eigenvalue weighted by Crippen LogP contribution is -2.47. The number of anilines is 1. The van der Waals surface area contributed by atoms with Crippen molar-refractivity contribution in [3.05, 3.63) is 42.0 Å². The smallest absolute Gasteiger partial charge is 0.410 e. The molecule has 0 saturated carbocycles. The Morgan fingerprint density at radius 1 is 1.26 bits per heavy atom. The molecule has 1 aromatic carbocycles. The maximum absolute atomic E-state index is 12.7. The van der Waals surface area contributed by atoms with Gasteiger partial charge in [0.25, 0.3) is 0 Å². The number of hydrogen-bond donors (Lipinski definition) is 1. The minimum atomic E-state index is -1.24. The molecule has 0 unspecified atom stereocenters. The molecule has 10 nitrogen and oxygen atoms in total. The van der Waals surface area contributed by atoms with E-state index in [4.69, 9.17) is 21.0 Å². The maximum atomic E-state index is 12.7. The van der Waals surface area contributed by atoms with Crippen molar-refractivity contribution in [1.29, 1.82) is 0 Å². The lowest BCUT2D eigenvalue weighted by molar-refractivity contribution is -0.109. The number of piperidine rings is 1. The summed E-state index contributed by atoms with van der Waals surface area (Å²) in [6.07, 6.45) is 5.01. The van der Waals surface area contributed by atoms with Crippen LogP contribution in [0.5, 0.6) is 0 Å². The predicted octanol–water partition coefficient (Wildman–Crippen LogP) is 7.41. The van der Waals surface area contributed by atoms with E-state index in [9.17, 15) is 9.59 Å². The van der Waals surface area contributed by atoms with Crippen molar-refractivity contribution >= 4 is 53.6 Å². The Balaban J connectivity index is 1.65. The number of amides is 1. The van der Waals surface area contributed by atoms with Gasteiger partial charge in [0.1, 0.15) is 12.3 Å². The summed E-state index contributed by atoms with van der Waals surface area (Å²) in [6.45, 7) is 23.7. The molecule has 0 bridgehead atoms. The van der Waals surface area contributed by atoms with Crippen molar-refractivity contribution in [2.24, 2.45) is 0 Å². The SMILES string of the molecule is [C-]#[N+]c1ccc2c(-c3nc(N[C@H]4CCCN(C(=O)OC(C)(C)C)C4)ncc3SC(C)=O)cn(COCC[Si](C)(C)C)c2c1. The number of carbonyl (C=O) groups is 2. The van der Waals surface area contributed by atoms with Crippen molar-refractivity contribution < 1.29 is 19.1 Å². The summed E-state index contributed by atoms with van der Waals surface area (Å²) in [6, 6.07) is 6.58. The molecule has 12 heteroatoms. The average molecular weight is 623 g/mol. The summed E-state index contributed by atoms with van der Waals surface area (Å²) in [5.41, 5.74) is 2.29. The Morgan fingerprint density at radius 2 is 2.02 bits per heavy atom. The van der Waals surface area contributed by atoms with Gasteiger partial charge >= 0.3 is 6.09 Å². The first kappa shape index (κ1) is 32.5. The van der Waals surface area contributed by atoms with Crippen molar-refractivity contribution in [1.82, 2.24) is 19.4 Å². The standard InChI is InChI=1S/C31H42N6O4SSi/c1-21(38)42-27-17-33-29(34-23-10-9-13-36(18-23)30(39)41-31(2,3)4)35-28(27)25-19-37(20-40-14-15-43(6,7)8)26-16-22(32-5)11-12-24(25)26/h11-12,16-17,19,23H,9-10,13-15,18,20H2,1-4,6-8H3,(H,33,34,35)/t23-/m0/s1. The minimum absolute atomic E-state index is 0.0530. The third kappa shape index (κ3) is 9.05. The van der Waals surface area contributed by atoms with Gasteiger partial charge in [-0.05, 0) is 57.5 Å². The van der Waals surface area contributed by atoms with Gasteiger partial charge in [0.15, 0.2) is 10.8 Å². The van der Waals surface area contributed by atoms with Crippen LogP contribution in [0.25, 0.3) is 27.0 Å². The quantitative estimate of drug-likeness (QED) is 0.114. The molecule has 1 saturated heterocycles. The Labute approximate surface area is 259 Å². The number of thioether (sulfide) groups is 1. The zero-order valence-corrected chi connectivity index (χ0v) is 28.0. The lowest BCUT2D eigenvalue weighted by Gasteiger charge is -2.34. The summed E-state index contributed by atoms with van der Waals surface area (Å²) in [5.74, 6) is 0.420. The zero-order valence-electron chi connectivity index (χ0n) is 26.2. The number of likely N-dealkylation sites (tertiary alicyclic amines) is 1. The van der Waals surface area contributed by atoms with Crippen molar-refractivity contribution in [2.75, 3.05) is 25.0 Å². The van der Waals surface area contributed by atoms with E-state index in [0.717, 1.165) is 47.1 Å². The number of fused-ring (bicyclic) bond motifs is 1. The summed E-state index contributed by atoms with van der Waals surface area (Å²) in [7, 11) is -1.24. The van der Waals surface area contributed by atoms with Gasteiger partial charge in [-0.15, -0.1) is 0 Å². The molecule has 3 aromatic rings. The molecular formula is C31H42N6O4SSi. The van der Waals surface area contributed by atoms with Gasteiger partial charge in [0, 0.05) is 69.6 Å². The first-order valence-electron chi connectivity index (χ1n) is 14.6. The van der Waals surface area contributed by atoms with Crippen LogP contribution in [0.1, 0.15) is 40.5 Å². The zero-order chi connectivity index (χ0) is 31.4. The van der Waals surface area contributed by atoms with Gasteiger partial charge in [-0.3, -0.25) is 4.79 Å². The van der Waals surface area contributed by atoms with E-state index in [0.29, 0.717) is 48.7 Å². The fourth-order valence-corrected chi connectivity index (χ4v) is 6.24. The Bertz CT molecular complexity index is 1520. The van der Waals surface area contributed by atoms with Crippen LogP contribution in [-0.2, 0) is 21.0 Å². The fourth-order valence-electron chi connectivity index (χ4n) is 4.82. The molecule has 0 radical (unpaired) electrons. The highest BCUT2D eigenvalue weighted by atomic mass is 32.2. The third-order valence-electron chi connectivity index (χ3n) is 6.89. The molecule has 0 aliphatic carbocycles. The first-order valence-corrected chi connectivity index (χ1v) is 19.1. The number of nitrogens with zero attached hydrogens (tertiary/aromatic N) is 5. The van der Waals surface area contributed by atoms with Crippen LogP contribution in [0.4, 0.5) is 16.4 Å². The molecule has 230 valence electrons. The van der Waals surface area contributed by atoms with Gasteiger partial charge in [-0.25, -0.2) is 19.6 Å². The number of benzene rings is 1. The fraction of sp³-hybridized carbons (Fsp3) is 0.516. The van der Waals surface area contributed by atoms with Crippen LogP contribution in [0.2, 0.25) is 25.7 Å². The summed E-state index contributed by atoms with van der Waals surface area (Å²) < 4.78 is 13.7. The minimum Gasteiger partial charge on any atom is -0.444 e. The number of hydrogen-bond acceptors (Lipinski definition) is 8. The van der Waals surface area contributed by atoms with Gasteiger partial charge in [-0.2, -0.15) is 0 Å². The topological polar surface area (TPSA) is 103 Å². The normalized spacial score (nSPS) is 15.8. The molecule has 1 aliphatic rings. The van der Waals surface area contributed by atoms with Crippen LogP contribution in [-0.4, -0.2) is 70.1 Å². The third-order valence-corrected chi connectivity index (χ3v) is 9.40. The number of carbonyl (C=O) groups excluding carboxylic acids is 2. The van der Waals surface area contributed by atoms with E-state index in [2.05, 4.69) is 34.8 Å². The van der Waals surface area contributed by atoms with Crippen molar-refractivity contribution in [3.63, 3.8) is 0 Å².